The van der Waals surface area contributed by atoms with Gasteiger partial charge in [0, 0.05) is 58.6 Å². The first-order valence-electron chi connectivity index (χ1n) is 9.57. The van der Waals surface area contributed by atoms with Crippen LogP contribution in [0.25, 0.3) is 0 Å². The molecule has 8 nitrogen and oxygen atoms in total. The average Bonchev–Trinajstić information content (AvgIpc) is 3.19. The molecular formula is C17H34IN5O3S. The zero-order valence-corrected chi connectivity index (χ0v) is 19.8. The van der Waals surface area contributed by atoms with E-state index in [0.29, 0.717) is 6.54 Å². The number of aliphatic imine (C=N–C) groups is 1. The van der Waals surface area contributed by atoms with Crippen LogP contribution in [0.4, 0.5) is 0 Å². The van der Waals surface area contributed by atoms with Crippen molar-refractivity contribution in [3.05, 3.63) is 0 Å². The number of carbonyl (C=O) groups excluding carboxylic acids is 1. The monoisotopic (exact) mass is 515 g/mol. The van der Waals surface area contributed by atoms with E-state index in [-0.39, 0.29) is 47.4 Å². The maximum absolute atomic E-state index is 12.6. The van der Waals surface area contributed by atoms with E-state index in [1.807, 2.05) is 11.8 Å². The van der Waals surface area contributed by atoms with Crippen LogP contribution in [-0.2, 0) is 14.6 Å². The highest BCUT2D eigenvalue weighted by molar-refractivity contribution is 14.0. The summed E-state index contributed by atoms with van der Waals surface area (Å²) >= 11 is 0. The highest BCUT2D eigenvalue weighted by Crippen LogP contribution is 2.14. The van der Waals surface area contributed by atoms with Gasteiger partial charge in [0.05, 0.1) is 11.8 Å². The number of halogens is 1. The molecule has 2 saturated heterocycles. The number of sulfone groups is 1. The molecule has 1 amide bonds. The summed E-state index contributed by atoms with van der Waals surface area (Å²) in [6.45, 7) is 8.96. The summed E-state index contributed by atoms with van der Waals surface area (Å²) in [5, 5.41) is 3.14. The SMILES string of the molecule is CCS(=O)(=O)CCNC(=NC)N1CCN(C(C)C(=O)N2CCCC2)CC1.I. The largest absolute Gasteiger partial charge is 0.355 e. The standard InChI is InChI=1S/C17H33N5O3S.HI/c1-4-26(24,25)14-7-19-17(18-3)22-12-10-20(11-13-22)15(2)16(23)21-8-5-6-9-21;/h15H,4-14H2,1-3H3,(H,18,19);1H. The number of amides is 1. The van der Waals surface area contributed by atoms with Gasteiger partial charge in [-0.25, -0.2) is 8.42 Å². The number of carbonyl (C=O) groups is 1. The van der Waals surface area contributed by atoms with Crippen molar-refractivity contribution in [2.24, 2.45) is 4.99 Å². The van der Waals surface area contributed by atoms with Gasteiger partial charge in [0.25, 0.3) is 0 Å². The number of nitrogens with zero attached hydrogens (tertiary/aromatic N) is 4. The van der Waals surface area contributed by atoms with Gasteiger partial charge in [0.2, 0.25) is 5.91 Å². The van der Waals surface area contributed by atoms with Crippen LogP contribution in [0.5, 0.6) is 0 Å². The lowest BCUT2D eigenvalue weighted by molar-refractivity contribution is -0.135. The zero-order chi connectivity index (χ0) is 19.2. The Hall–Kier alpha value is -0.620. The molecule has 0 spiro atoms. The molecule has 1 atom stereocenters. The fourth-order valence-corrected chi connectivity index (χ4v) is 4.18. The Morgan fingerprint density at radius 2 is 1.67 bits per heavy atom. The Morgan fingerprint density at radius 3 is 2.19 bits per heavy atom. The molecule has 2 fully saturated rings. The van der Waals surface area contributed by atoms with E-state index in [9.17, 15) is 13.2 Å². The van der Waals surface area contributed by atoms with E-state index in [4.69, 9.17) is 0 Å². The first kappa shape index (κ1) is 24.4. The maximum Gasteiger partial charge on any atom is 0.239 e. The molecule has 2 aliphatic rings. The third-order valence-corrected chi connectivity index (χ3v) is 6.99. The summed E-state index contributed by atoms with van der Waals surface area (Å²) in [6, 6.07) is -0.0834. The molecule has 1 unspecified atom stereocenters. The summed E-state index contributed by atoms with van der Waals surface area (Å²) in [5.41, 5.74) is 0. The van der Waals surface area contributed by atoms with E-state index >= 15 is 0 Å². The Balaban J connectivity index is 0.00000364. The number of hydrogen-bond donors (Lipinski definition) is 1. The van der Waals surface area contributed by atoms with E-state index in [2.05, 4.69) is 20.1 Å². The first-order valence-corrected chi connectivity index (χ1v) is 11.4. The maximum atomic E-state index is 12.6. The highest BCUT2D eigenvalue weighted by atomic mass is 127. The molecule has 27 heavy (non-hydrogen) atoms. The Kier molecular flexibility index (Phi) is 10.3. The van der Waals surface area contributed by atoms with Crippen molar-refractivity contribution in [1.82, 2.24) is 20.0 Å². The fourth-order valence-electron chi connectivity index (χ4n) is 3.47. The molecule has 2 heterocycles. The van der Waals surface area contributed by atoms with Crippen LogP contribution in [0.1, 0.15) is 26.7 Å². The number of nitrogens with one attached hydrogen (secondary N) is 1. The van der Waals surface area contributed by atoms with E-state index < -0.39 is 9.84 Å². The third-order valence-electron chi connectivity index (χ3n) is 5.28. The fraction of sp³-hybridized carbons (Fsp3) is 0.882. The van der Waals surface area contributed by atoms with Gasteiger partial charge in [-0.1, -0.05) is 6.92 Å². The lowest BCUT2D eigenvalue weighted by Crippen LogP contribution is -2.57. The topological polar surface area (TPSA) is 85.3 Å². The van der Waals surface area contributed by atoms with Gasteiger partial charge in [-0.15, -0.1) is 24.0 Å². The van der Waals surface area contributed by atoms with Gasteiger partial charge in [-0.3, -0.25) is 14.7 Å². The number of rotatable bonds is 6. The first-order chi connectivity index (χ1) is 12.4. The predicted octanol–water partition coefficient (Wildman–Crippen LogP) is 0.243. The van der Waals surface area contributed by atoms with Crippen LogP contribution in [0, 0.1) is 0 Å². The smallest absolute Gasteiger partial charge is 0.239 e. The van der Waals surface area contributed by atoms with E-state index in [1.165, 1.54) is 0 Å². The lowest BCUT2D eigenvalue weighted by atomic mass is 10.2. The van der Waals surface area contributed by atoms with Crippen molar-refractivity contribution in [1.29, 1.82) is 0 Å². The van der Waals surface area contributed by atoms with Crippen LogP contribution in [0.15, 0.2) is 4.99 Å². The molecule has 0 bridgehead atoms. The van der Waals surface area contributed by atoms with Crippen molar-refractivity contribution < 1.29 is 13.2 Å². The summed E-state index contributed by atoms with van der Waals surface area (Å²) in [4.78, 5) is 23.2. The van der Waals surface area contributed by atoms with Crippen molar-refractivity contribution in [2.75, 3.05) is 64.4 Å². The predicted molar refractivity (Wildman–Crippen MR) is 120 cm³/mol. The molecule has 2 rings (SSSR count). The molecule has 0 saturated carbocycles. The van der Waals surface area contributed by atoms with Gasteiger partial charge in [-0.05, 0) is 19.8 Å². The Labute approximate surface area is 180 Å². The van der Waals surface area contributed by atoms with Gasteiger partial charge in [-0.2, -0.15) is 0 Å². The zero-order valence-electron chi connectivity index (χ0n) is 16.7. The molecule has 0 aromatic heterocycles. The van der Waals surface area contributed by atoms with E-state index in [0.717, 1.165) is 58.1 Å². The van der Waals surface area contributed by atoms with Crippen LogP contribution in [-0.4, -0.2) is 105 Å². The van der Waals surface area contributed by atoms with Crippen LogP contribution >= 0.6 is 24.0 Å². The summed E-state index contributed by atoms with van der Waals surface area (Å²) in [7, 11) is -1.27. The normalized spacial score (nSPS) is 20.3. The molecule has 10 heteroatoms. The van der Waals surface area contributed by atoms with Crippen LogP contribution < -0.4 is 5.32 Å². The molecule has 0 aromatic carbocycles. The van der Waals surface area contributed by atoms with Gasteiger partial charge >= 0.3 is 0 Å². The molecule has 158 valence electrons. The minimum absolute atomic E-state index is 0. The van der Waals surface area contributed by atoms with Crippen molar-refractivity contribution in [2.45, 2.75) is 32.7 Å². The quantitative estimate of drug-likeness (QED) is 0.310. The van der Waals surface area contributed by atoms with Crippen molar-refractivity contribution in [3.8, 4) is 0 Å². The highest BCUT2D eigenvalue weighted by Gasteiger charge is 2.30. The number of piperazine rings is 1. The molecule has 0 aromatic rings. The number of likely N-dealkylation sites (tertiary alicyclic amines) is 1. The summed E-state index contributed by atoms with van der Waals surface area (Å²) < 4.78 is 23.2. The summed E-state index contributed by atoms with van der Waals surface area (Å²) in [6.07, 6.45) is 2.23. The molecule has 2 aliphatic heterocycles. The second-order valence-electron chi connectivity index (χ2n) is 6.94. The van der Waals surface area contributed by atoms with E-state index in [1.54, 1.807) is 14.0 Å². The molecule has 0 aliphatic carbocycles. The summed E-state index contributed by atoms with van der Waals surface area (Å²) in [5.74, 6) is 1.25. The average molecular weight is 515 g/mol. The number of hydrogen-bond acceptors (Lipinski definition) is 5. The van der Waals surface area contributed by atoms with Crippen LogP contribution in [0.3, 0.4) is 0 Å². The van der Waals surface area contributed by atoms with Gasteiger partial charge < -0.3 is 15.1 Å². The second-order valence-corrected chi connectivity index (χ2v) is 9.41. The van der Waals surface area contributed by atoms with Crippen molar-refractivity contribution >= 4 is 45.7 Å². The van der Waals surface area contributed by atoms with Crippen LogP contribution in [0.2, 0.25) is 0 Å². The Morgan fingerprint density at radius 1 is 1.07 bits per heavy atom. The minimum Gasteiger partial charge on any atom is -0.355 e. The lowest BCUT2D eigenvalue weighted by Gasteiger charge is -2.39. The van der Waals surface area contributed by atoms with Gasteiger partial charge in [0.1, 0.15) is 0 Å². The molecule has 1 N–H and O–H groups in total. The molecule has 0 radical (unpaired) electrons. The minimum atomic E-state index is -2.98. The third kappa shape index (κ3) is 7.04. The number of guanidine groups is 1. The Bertz CT molecular complexity index is 600. The van der Waals surface area contributed by atoms with Gasteiger partial charge in [0.15, 0.2) is 15.8 Å². The second kappa shape index (κ2) is 11.4. The molecular weight excluding hydrogens is 481 g/mol. The van der Waals surface area contributed by atoms with Crippen molar-refractivity contribution in [3.63, 3.8) is 0 Å².